The van der Waals surface area contributed by atoms with Gasteiger partial charge in [-0.3, -0.25) is 9.10 Å². The Morgan fingerprint density at radius 1 is 0.921 bits per heavy atom. The molecule has 0 atom stereocenters. The lowest BCUT2D eigenvalue weighted by atomic mass is 10.1. The molecule has 0 fully saturated rings. The number of hydrogen-bond acceptors (Lipinski definition) is 8. The smallest absolute Gasteiger partial charge is 0.264 e. The zero-order valence-corrected chi connectivity index (χ0v) is 23.6. The zero-order valence-electron chi connectivity index (χ0n) is 22.0. The number of hydrogen-bond donors (Lipinski definition) is 1. The minimum absolute atomic E-state index is 0.0685. The Hall–Kier alpha value is -3.57. The molecule has 0 aliphatic rings. The number of amides is 1. The van der Waals surface area contributed by atoms with Crippen LogP contribution in [0, 0.1) is 0 Å². The van der Waals surface area contributed by atoms with Crippen LogP contribution in [0.15, 0.2) is 70.5 Å². The van der Waals surface area contributed by atoms with Crippen molar-refractivity contribution in [2.45, 2.75) is 23.3 Å². The van der Waals surface area contributed by atoms with E-state index in [1.54, 1.807) is 55.5 Å². The molecule has 0 saturated heterocycles. The van der Waals surface area contributed by atoms with E-state index in [0.29, 0.717) is 35.2 Å². The third-order valence-electron chi connectivity index (χ3n) is 5.58. The number of nitrogens with one attached hydrogen (secondary N) is 1. The number of anilines is 1. The van der Waals surface area contributed by atoms with Crippen molar-refractivity contribution in [3.8, 4) is 23.0 Å². The second-order valence-corrected chi connectivity index (χ2v) is 10.6. The SMILES string of the molecule is CCOc1ccccc1N(CC(=O)NCc1cc(OC)c(OC)c(OC)c1)S(=O)(=O)c1ccc(SC)cc1. The Kier molecular flexibility index (Phi) is 10.1. The minimum Gasteiger partial charge on any atom is -0.493 e. The number of carbonyl (C=O) groups is 1. The molecule has 1 N–H and O–H groups in total. The number of sulfonamides is 1. The van der Waals surface area contributed by atoms with Crippen LogP contribution in [0.4, 0.5) is 5.69 Å². The maximum atomic E-state index is 13.8. The van der Waals surface area contributed by atoms with Gasteiger partial charge in [0.2, 0.25) is 11.7 Å². The molecule has 3 rings (SSSR count). The lowest BCUT2D eigenvalue weighted by molar-refractivity contribution is -0.119. The summed E-state index contributed by atoms with van der Waals surface area (Å²) in [4.78, 5) is 14.1. The molecule has 0 spiro atoms. The highest BCUT2D eigenvalue weighted by atomic mass is 32.2. The Bertz CT molecular complexity index is 1320. The molecule has 0 aliphatic carbocycles. The van der Waals surface area contributed by atoms with Gasteiger partial charge >= 0.3 is 0 Å². The summed E-state index contributed by atoms with van der Waals surface area (Å²) >= 11 is 1.51. The van der Waals surface area contributed by atoms with Crippen LogP contribution >= 0.6 is 11.8 Å². The van der Waals surface area contributed by atoms with E-state index >= 15 is 0 Å². The quantitative estimate of drug-likeness (QED) is 0.308. The molecular weight excluding hydrogens is 528 g/mol. The molecule has 0 saturated carbocycles. The summed E-state index contributed by atoms with van der Waals surface area (Å²) in [7, 11) is 0.412. The molecular formula is C27H32N2O7S2. The zero-order chi connectivity index (χ0) is 27.7. The number of methoxy groups -OCH3 is 3. The highest BCUT2D eigenvalue weighted by molar-refractivity contribution is 7.98. The van der Waals surface area contributed by atoms with Crippen LogP contribution in [0.5, 0.6) is 23.0 Å². The van der Waals surface area contributed by atoms with Gasteiger partial charge in [-0.1, -0.05) is 12.1 Å². The third kappa shape index (κ3) is 6.65. The second-order valence-electron chi connectivity index (χ2n) is 7.90. The van der Waals surface area contributed by atoms with Crippen LogP contribution in [0.25, 0.3) is 0 Å². The summed E-state index contributed by atoms with van der Waals surface area (Å²) in [5.41, 5.74) is 0.954. The van der Waals surface area contributed by atoms with Crippen molar-refractivity contribution in [2.75, 3.05) is 45.0 Å². The van der Waals surface area contributed by atoms with E-state index in [9.17, 15) is 13.2 Å². The van der Waals surface area contributed by atoms with Gasteiger partial charge < -0.3 is 24.3 Å². The van der Waals surface area contributed by atoms with Gasteiger partial charge in [-0.15, -0.1) is 11.8 Å². The predicted molar refractivity (Wildman–Crippen MR) is 148 cm³/mol. The molecule has 38 heavy (non-hydrogen) atoms. The molecule has 204 valence electrons. The normalized spacial score (nSPS) is 11.0. The highest BCUT2D eigenvalue weighted by Gasteiger charge is 2.29. The van der Waals surface area contributed by atoms with E-state index in [1.165, 1.54) is 45.2 Å². The molecule has 0 radical (unpaired) electrons. The van der Waals surface area contributed by atoms with E-state index in [0.717, 1.165) is 9.20 Å². The lowest BCUT2D eigenvalue weighted by Gasteiger charge is -2.26. The first kappa shape index (κ1) is 29.0. The van der Waals surface area contributed by atoms with Crippen molar-refractivity contribution in [1.29, 1.82) is 0 Å². The molecule has 0 unspecified atom stereocenters. The number of nitrogens with zero attached hydrogens (tertiary/aromatic N) is 1. The fourth-order valence-electron chi connectivity index (χ4n) is 3.74. The van der Waals surface area contributed by atoms with Crippen LogP contribution in [-0.4, -0.2) is 55.1 Å². The first-order chi connectivity index (χ1) is 18.3. The molecule has 11 heteroatoms. The summed E-state index contributed by atoms with van der Waals surface area (Å²) in [5, 5.41) is 2.79. The molecule has 3 aromatic rings. The van der Waals surface area contributed by atoms with Crippen LogP contribution in [-0.2, 0) is 21.4 Å². The van der Waals surface area contributed by atoms with Crippen molar-refractivity contribution in [2.24, 2.45) is 0 Å². The van der Waals surface area contributed by atoms with Gasteiger partial charge in [-0.05, 0) is 67.3 Å². The number of thioether (sulfide) groups is 1. The molecule has 0 aromatic heterocycles. The van der Waals surface area contributed by atoms with Gasteiger partial charge in [0.25, 0.3) is 10.0 Å². The minimum atomic E-state index is -4.10. The second kappa shape index (κ2) is 13.3. The van der Waals surface area contributed by atoms with E-state index in [4.69, 9.17) is 18.9 Å². The third-order valence-corrected chi connectivity index (χ3v) is 8.10. The Labute approximate surface area is 228 Å². The monoisotopic (exact) mass is 560 g/mol. The summed E-state index contributed by atoms with van der Waals surface area (Å²) in [6, 6.07) is 16.7. The predicted octanol–water partition coefficient (Wildman–Crippen LogP) is 4.34. The van der Waals surface area contributed by atoms with Gasteiger partial charge in [-0.2, -0.15) is 0 Å². The van der Waals surface area contributed by atoms with Crippen molar-refractivity contribution in [1.82, 2.24) is 5.32 Å². The van der Waals surface area contributed by atoms with Crippen molar-refractivity contribution in [3.05, 3.63) is 66.2 Å². The molecule has 0 aliphatic heterocycles. The van der Waals surface area contributed by atoms with Gasteiger partial charge in [0.05, 0.1) is 38.5 Å². The Balaban J connectivity index is 1.92. The number of para-hydroxylation sites is 2. The number of benzene rings is 3. The van der Waals surface area contributed by atoms with E-state index < -0.39 is 22.5 Å². The summed E-state index contributed by atoms with van der Waals surface area (Å²) in [6.45, 7) is 1.79. The highest BCUT2D eigenvalue weighted by Crippen LogP contribution is 2.38. The standard InChI is InChI=1S/C27H32N2O7S2/c1-6-36-23-10-8-7-9-22(23)29(38(31,32)21-13-11-20(37-5)12-14-21)18-26(30)28-17-19-15-24(33-2)27(35-4)25(16-19)34-3/h7-16H,6,17-18H2,1-5H3,(H,28,30). The molecule has 3 aromatic carbocycles. The maximum absolute atomic E-state index is 13.8. The molecule has 0 heterocycles. The van der Waals surface area contributed by atoms with Crippen molar-refractivity contribution in [3.63, 3.8) is 0 Å². The van der Waals surface area contributed by atoms with Gasteiger partial charge in [-0.25, -0.2) is 8.42 Å². The van der Waals surface area contributed by atoms with Gasteiger partial charge in [0.1, 0.15) is 12.3 Å². The van der Waals surface area contributed by atoms with Crippen LogP contribution in [0.1, 0.15) is 12.5 Å². The van der Waals surface area contributed by atoms with E-state index in [-0.39, 0.29) is 17.1 Å². The van der Waals surface area contributed by atoms with Crippen molar-refractivity contribution < 1.29 is 32.2 Å². The van der Waals surface area contributed by atoms with E-state index in [1.807, 2.05) is 6.26 Å². The first-order valence-corrected chi connectivity index (χ1v) is 14.4. The fourth-order valence-corrected chi connectivity index (χ4v) is 5.58. The average Bonchev–Trinajstić information content (AvgIpc) is 2.94. The Morgan fingerprint density at radius 2 is 1.55 bits per heavy atom. The largest absolute Gasteiger partial charge is 0.493 e. The van der Waals surface area contributed by atoms with Crippen LogP contribution in [0.2, 0.25) is 0 Å². The Morgan fingerprint density at radius 3 is 2.11 bits per heavy atom. The first-order valence-electron chi connectivity index (χ1n) is 11.7. The molecule has 1 amide bonds. The van der Waals surface area contributed by atoms with Gasteiger partial charge in [0, 0.05) is 11.4 Å². The number of ether oxygens (including phenoxy) is 4. The average molecular weight is 561 g/mol. The summed E-state index contributed by atoms with van der Waals surface area (Å²) in [6.07, 6.45) is 1.91. The summed E-state index contributed by atoms with van der Waals surface area (Å²) in [5.74, 6) is 1.17. The number of carbonyl (C=O) groups excluding carboxylic acids is 1. The number of rotatable bonds is 13. The lowest BCUT2D eigenvalue weighted by Crippen LogP contribution is -2.40. The van der Waals surface area contributed by atoms with Crippen molar-refractivity contribution >= 4 is 33.4 Å². The van der Waals surface area contributed by atoms with Crippen LogP contribution < -0.4 is 28.6 Å². The molecule has 0 bridgehead atoms. The van der Waals surface area contributed by atoms with E-state index in [2.05, 4.69) is 5.32 Å². The summed E-state index contributed by atoms with van der Waals surface area (Å²) < 4.78 is 50.4. The topological polar surface area (TPSA) is 103 Å². The maximum Gasteiger partial charge on any atom is 0.264 e. The molecule has 9 nitrogen and oxygen atoms in total. The van der Waals surface area contributed by atoms with Crippen LogP contribution in [0.3, 0.4) is 0 Å². The van der Waals surface area contributed by atoms with Gasteiger partial charge in [0.15, 0.2) is 11.5 Å². The fraction of sp³-hybridized carbons (Fsp3) is 0.296.